The zero-order valence-electron chi connectivity index (χ0n) is 15.0. The Hall–Kier alpha value is -0.990. The van der Waals surface area contributed by atoms with E-state index >= 15 is 0 Å². The van der Waals surface area contributed by atoms with Crippen molar-refractivity contribution in [3.05, 3.63) is 12.2 Å². The molecule has 1 saturated heterocycles. The molecule has 25 heavy (non-hydrogen) atoms. The Morgan fingerprint density at radius 3 is 2.76 bits per heavy atom. The molecular weight excluding hydrogens is 326 g/mol. The molecule has 7 nitrogen and oxygen atoms in total. The van der Waals surface area contributed by atoms with Crippen LogP contribution >= 0.6 is 0 Å². The smallest absolute Gasteiger partial charge is 0.303 e. The minimum atomic E-state index is -0.757. The van der Waals surface area contributed by atoms with E-state index in [1.807, 2.05) is 6.08 Å². The van der Waals surface area contributed by atoms with E-state index in [1.165, 1.54) is 0 Å². The first-order chi connectivity index (χ1) is 12.1. The number of carboxylic acid groups (broad SMARTS) is 1. The Kier molecular flexibility index (Phi) is 8.84. The average Bonchev–Trinajstić information content (AvgIpc) is 2.92. The Morgan fingerprint density at radius 1 is 1.32 bits per heavy atom. The summed E-state index contributed by atoms with van der Waals surface area (Å²) in [5.41, 5.74) is 0. The quantitative estimate of drug-likeness (QED) is 0.346. The molecule has 2 rings (SSSR count). The Morgan fingerprint density at radius 2 is 2.08 bits per heavy atom. The molecule has 144 valence electrons. The van der Waals surface area contributed by atoms with Gasteiger partial charge in [-0.25, -0.2) is 0 Å². The van der Waals surface area contributed by atoms with Crippen molar-refractivity contribution >= 4 is 5.97 Å². The molecule has 0 bridgehead atoms. The zero-order chi connectivity index (χ0) is 18.1. The molecule has 1 aliphatic heterocycles. The lowest BCUT2D eigenvalue weighted by Gasteiger charge is -2.37. The molecule has 7 heteroatoms. The number of carbonyl (C=O) groups is 1. The fourth-order valence-corrected chi connectivity index (χ4v) is 3.83. The van der Waals surface area contributed by atoms with Gasteiger partial charge in [0.2, 0.25) is 0 Å². The highest BCUT2D eigenvalue weighted by Crippen LogP contribution is 2.36. The number of allylic oxidation sites excluding steroid dienone is 2. The molecule has 1 saturated carbocycles. The van der Waals surface area contributed by atoms with Crippen LogP contribution < -0.4 is 0 Å². The number of ether oxygens (including phenoxy) is 3. The molecule has 1 heterocycles. The number of aliphatic hydroxyl groups excluding tert-OH is 1. The second-order valence-corrected chi connectivity index (χ2v) is 6.71. The van der Waals surface area contributed by atoms with Crippen molar-refractivity contribution in [3.63, 3.8) is 0 Å². The van der Waals surface area contributed by atoms with Gasteiger partial charge in [-0.3, -0.25) is 9.69 Å². The fourth-order valence-electron chi connectivity index (χ4n) is 3.83. The molecule has 2 N–H and O–H groups in total. The van der Waals surface area contributed by atoms with Crippen molar-refractivity contribution in [2.24, 2.45) is 5.92 Å². The summed E-state index contributed by atoms with van der Waals surface area (Å²) in [5.74, 6) is -0.563. The molecule has 0 aromatic rings. The normalized spacial score (nSPS) is 31.0. The number of aliphatic hydroxyl groups is 1. The van der Waals surface area contributed by atoms with Crippen molar-refractivity contribution < 1.29 is 29.2 Å². The number of rotatable bonds is 10. The lowest BCUT2D eigenvalue weighted by atomic mass is 9.94. The second-order valence-electron chi connectivity index (χ2n) is 6.71. The third-order valence-corrected chi connectivity index (χ3v) is 4.99. The molecular formula is C18H31NO6. The minimum Gasteiger partial charge on any atom is -0.481 e. The van der Waals surface area contributed by atoms with Crippen LogP contribution in [0.5, 0.6) is 0 Å². The monoisotopic (exact) mass is 357 g/mol. The van der Waals surface area contributed by atoms with E-state index in [2.05, 4.69) is 11.0 Å². The number of hydrogen-bond donors (Lipinski definition) is 2. The first-order valence-corrected chi connectivity index (χ1v) is 9.10. The minimum absolute atomic E-state index is 0.0357. The van der Waals surface area contributed by atoms with Gasteiger partial charge in [0.25, 0.3) is 0 Å². The summed E-state index contributed by atoms with van der Waals surface area (Å²) in [7, 11) is 1.60. The first-order valence-electron chi connectivity index (χ1n) is 9.10. The van der Waals surface area contributed by atoms with Crippen LogP contribution in [0.15, 0.2) is 12.2 Å². The maximum Gasteiger partial charge on any atom is 0.303 e. The van der Waals surface area contributed by atoms with Crippen LogP contribution in [0.1, 0.15) is 32.1 Å². The van der Waals surface area contributed by atoms with Crippen LogP contribution in [0.4, 0.5) is 0 Å². The van der Waals surface area contributed by atoms with Gasteiger partial charge in [-0.15, -0.1) is 0 Å². The third kappa shape index (κ3) is 6.34. The molecule has 0 radical (unpaired) electrons. The average molecular weight is 357 g/mol. The Bertz CT molecular complexity index is 424. The highest BCUT2D eigenvalue weighted by molar-refractivity contribution is 5.66. The van der Waals surface area contributed by atoms with Crippen LogP contribution in [-0.2, 0) is 19.0 Å². The van der Waals surface area contributed by atoms with Crippen LogP contribution in [0.3, 0.4) is 0 Å². The number of methoxy groups -OCH3 is 1. The maximum atomic E-state index is 10.6. The number of aliphatic carboxylic acids is 1. The summed E-state index contributed by atoms with van der Waals surface area (Å²) in [6.07, 6.45) is 6.71. The zero-order valence-corrected chi connectivity index (χ0v) is 15.0. The summed E-state index contributed by atoms with van der Waals surface area (Å²) < 4.78 is 16.3. The molecule has 0 unspecified atom stereocenters. The van der Waals surface area contributed by atoms with Crippen molar-refractivity contribution in [1.82, 2.24) is 4.90 Å². The van der Waals surface area contributed by atoms with E-state index in [-0.39, 0.29) is 31.3 Å². The predicted octanol–water partition coefficient (Wildman–Crippen LogP) is 1.26. The standard InChI is InChI=1S/C18H31NO6/c1-23-13-25-16-12-15(20)18(19-8-10-24-11-9-19)14(16)6-4-2-3-5-7-17(21)22/h2,4,14-16,18,20H,3,5-13H2,1H3,(H,21,22)/b4-2-/t14-,15+,16-,18+/m0/s1. The van der Waals surface area contributed by atoms with Gasteiger partial charge in [0.1, 0.15) is 6.79 Å². The van der Waals surface area contributed by atoms with E-state index < -0.39 is 12.1 Å². The van der Waals surface area contributed by atoms with Gasteiger partial charge in [0.15, 0.2) is 0 Å². The second kappa shape index (κ2) is 10.9. The highest BCUT2D eigenvalue weighted by Gasteiger charge is 2.45. The van der Waals surface area contributed by atoms with E-state index in [0.717, 1.165) is 25.9 Å². The number of hydrogen-bond acceptors (Lipinski definition) is 6. The van der Waals surface area contributed by atoms with Crippen LogP contribution in [-0.4, -0.2) is 79.5 Å². The van der Waals surface area contributed by atoms with Crippen molar-refractivity contribution in [3.8, 4) is 0 Å². The lowest BCUT2D eigenvalue weighted by Crippen LogP contribution is -2.50. The molecule has 0 aromatic carbocycles. The summed E-state index contributed by atoms with van der Waals surface area (Å²) in [5, 5.41) is 19.3. The van der Waals surface area contributed by atoms with Crippen molar-refractivity contribution in [1.29, 1.82) is 0 Å². The third-order valence-electron chi connectivity index (χ3n) is 4.99. The Labute approximate surface area is 149 Å². The van der Waals surface area contributed by atoms with Gasteiger partial charge in [-0.1, -0.05) is 12.2 Å². The molecule has 4 atom stereocenters. The number of morpholine rings is 1. The molecule has 0 aromatic heterocycles. The fraction of sp³-hybridized carbons (Fsp3) is 0.833. The van der Waals surface area contributed by atoms with E-state index in [9.17, 15) is 9.90 Å². The van der Waals surface area contributed by atoms with Gasteiger partial charge in [-0.05, 0) is 19.3 Å². The highest BCUT2D eigenvalue weighted by atomic mass is 16.7. The topological polar surface area (TPSA) is 88.5 Å². The molecule has 0 spiro atoms. The van der Waals surface area contributed by atoms with Gasteiger partial charge in [-0.2, -0.15) is 0 Å². The largest absolute Gasteiger partial charge is 0.481 e. The number of unbranched alkanes of at least 4 members (excludes halogenated alkanes) is 1. The number of carboxylic acids is 1. The van der Waals surface area contributed by atoms with Crippen molar-refractivity contribution in [2.45, 2.75) is 50.4 Å². The van der Waals surface area contributed by atoms with E-state index in [0.29, 0.717) is 26.1 Å². The maximum absolute atomic E-state index is 10.6. The van der Waals surface area contributed by atoms with Crippen LogP contribution in [0.2, 0.25) is 0 Å². The summed E-state index contributed by atoms with van der Waals surface area (Å²) in [6, 6.07) is 0.0643. The van der Waals surface area contributed by atoms with Crippen LogP contribution in [0, 0.1) is 5.92 Å². The number of nitrogens with zero attached hydrogens (tertiary/aromatic N) is 1. The van der Waals surface area contributed by atoms with Crippen molar-refractivity contribution in [2.75, 3.05) is 40.2 Å². The van der Waals surface area contributed by atoms with E-state index in [4.69, 9.17) is 19.3 Å². The molecule has 2 fully saturated rings. The SMILES string of the molecule is COCO[C@H]1C[C@@H](O)[C@H](N2CCOCC2)[C@H]1C/C=C\CCCC(=O)O. The first kappa shape index (κ1) is 20.3. The molecule has 1 aliphatic carbocycles. The molecule has 2 aliphatic rings. The van der Waals surface area contributed by atoms with Gasteiger partial charge < -0.3 is 24.4 Å². The van der Waals surface area contributed by atoms with Gasteiger partial charge in [0, 0.05) is 45.0 Å². The predicted molar refractivity (Wildman–Crippen MR) is 92.3 cm³/mol. The Balaban J connectivity index is 1.93. The van der Waals surface area contributed by atoms with Gasteiger partial charge >= 0.3 is 5.97 Å². The van der Waals surface area contributed by atoms with E-state index in [1.54, 1.807) is 7.11 Å². The summed E-state index contributed by atoms with van der Waals surface area (Å²) in [6.45, 7) is 3.29. The summed E-state index contributed by atoms with van der Waals surface area (Å²) in [4.78, 5) is 12.9. The van der Waals surface area contributed by atoms with Gasteiger partial charge in [0.05, 0.1) is 25.4 Å². The molecule has 0 amide bonds. The van der Waals surface area contributed by atoms with Crippen LogP contribution in [0.25, 0.3) is 0 Å². The lowest BCUT2D eigenvalue weighted by molar-refractivity contribution is -0.137. The summed E-state index contributed by atoms with van der Waals surface area (Å²) >= 11 is 0.